The van der Waals surface area contributed by atoms with Crippen molar-refractivity contribution in [2.75, 3.05) is 6.61 Å². The molecule has 1 aromatic carbocycles. The van der Waals surface area contributed by atoms with Gasteiger partial charge in [-0.25, -0.2) is 0 Å². The number of ether oxygens (including phenoxy) is 1. The molecule has 0 amide bonds. The van der Waals surface area contributed by atoms with Gasteiger partial charge in [-0.05, 0) is 49.8 Å². The lowest BCUT2D eigenvalue weighted by Gasteiger charge is -2.28. The highest BCUT2D eigenvalue weighted by Crippen LogP contribution is 2.29. The van der Waals surface area contributed by atoms with Crippen LogP contribution in [0.25, 0.3) is 0 Å². The first kappa shape index (κ1) is 11.6. The van der Waals surface area contributed by atoms with E-state index in [2.05, 4.69) is 19.9 Å². The molecule has 0 spiro atoms. The van der Waals surface area contributed by atoms with Crippen molar-refractivity contribution in [2.45, 2.75) is 45.3 Å². The topological polar surface area (TPSA) is 29.5 Å². The van der Waals surface area contributed by atoms with E-state index in [1.54, 1.807) is 0 Å². The van der Waals surface area contributed by atoms with Crippen LogP contribution in [0.3, 0.4) is 0 Å². The zero-order valence-corrected chi connectivity index (χ0v) is 10.1. The minimum atomic E-state index is -0.472. The third kappa shape index (κ3) is 2.28. The molecule has 0 aliphatic carbocycles. The van der Waals surface area contributed by atoms with Crippen molar-refractivity contribution in [1.29, 1.82) is 0 Å². The van der Waals surface area contributed by atoms with Crippen LogP contribution in [-0.4, -0.2) is 17.8 Å². The highest BCUT2D eigenvalue weighted by Gasteiger charge is 2.25. The maximum Gasteiger partial charge on any atom is 0.105 e. The Morgan fingerprint density at radius 1 is 1.31 bits per heavy atom. The molecule has 1 saturated heterocycles. The van der Waals surface area contributed by atoms with Crippen LogP contribution in [0.1, 0.15) is 42.1 Å². The quantitative estimate of drug-likeness (QED) is 0.830. The van der Waals surface area contributed by atoms with Gasteiger partial charge in [0, 0.05) is 6.61 Å². The molecule has 2 atom stereocenters. The lowest BCUT2D eigenvalue weighted by Crippen LogP contribution is -2.26. The molecule has 1 N–H and O–H groups in total. The molecule has 2 rings (SSSR count). The molecule has 88 valence electrons. The summed E-state index contributed by atoms with van der Waals surface area (Å²) in [5.41, 5.74) is 3.43. The van der Waals surface area contributed by atoms with E-state index < -0.39 is 6.10 Å². The third-order valence-electron chi connectivity index (χ3n) is 3.53. The van der Waals surface area contributed by atoms with Crippen LogP contribution in [0.4, 0.5) is 0 Å². The van der Waals surface area contributed by atoms with Crippen LogP contribution in [0.15, 0.2) is 18.2 Å². The number of aliphatic hydroxyl groups excluding tert-OH is 1. The summed E-state index contributed by atoms with van der Waals surface area (Å²) in [5, 5.41) is 10.3. The van der Waals surface area contributed by atoms with Gasteiger partial charge in [-0.15, -0.1) is 0 Å². The van der Waals surface area contributed by atoms with E-state index in [-0.39, 0.29) is 6.10 Å². The first-order valence-electron chi connectivity index (χ1n) is 6.06. The minimum Gasteiger partial charge on any atom is -0.386 e. The smallest absolute Gasteiger partial charge is 0.105 e. The summed E-state index contributed by atoms with van der Waals surface area (Å²) in [4.78, 5) is 0. The van der Waals surface area contributed by atoms with Gasteiger partial charge in [0.15, 0.2) is 0 Å². The molecule has 1 fully saturated rings. The second kappa shape index (κ2) is 4.98. The predicted molar refractivity (Wildman–Crippen MR) is 64.5 cm³/mol. The van der Waals surface area contributed by atoms with Gasteiger partial charge in [0.05, 0.1) is 6.10 Å². The third-order valence-corrected chi connectivity index (χ3v) is 3.53. The summed E-state index contributed by atoms with van der Waals surface area (Å²) in [6.07, 6.45) is 2.76. The Morgan fingerprint density at radius 3 is 2.81 bits per heavy atom. The molecule has 0 saturated carbocycles. The van der Waals surface area contributed by atoms with Crippen molar-refractivity contribution in [2.24, 2.45) is 0 Å². The molecule has 2 nitrogen and oxygen atoms in total. The average Bonchev–Trinajstić information content (AvgIpc) is 2.33. The Bertz CT molecular complexity index is 354. The van der Waals surface area contributed by atoms with Gasteiger partial charge >= 0.3 is 0 Å². The van der Waals surface area contributed by atoms with Crippen LogP contribution in [-0.2, 0) is 4.74 Å². The highest BCUT2D eigenvalue weighted by atomic mass is 16.5. The van der Waals surface area contributed by atoms with Crippen molar-refractivity contribution in [3.63, 3.8) is 0 Å². The second-order valence-electron chi connectivity index (χ2n) is 4.64. The Hall–Kier alpha value is -0.860. The lowest BCUT2D eigenvalue weighted by molar-refractivity contribution is -0.0635. The van der Waals surface area contributed by atoms with Gasteiger partial charge in [0.1, 0.15) is 6.10 Å². The van der Waals surface area contributed by atoms with Crippen molar-refractivity contribution >= 4 is 0 Å². The van der Waals surface area contributed by atoms with Crippen LogP contribution in [0, 0.1) is 13.8 Å². The molecule has 0 aromatic heterocycles. The lowest BCUT2D eigenvalue weighted by atomic mass is 9.93. The molecule has 0 radical (unpaired) electrons. The summed E-state index contributed by atoms with van der Waals surface area (Å²) < 4.78 is 5.64. The summed E-state index contributed by atoms with van der Waals surface area (Å²) in [6, 6.07) is 6.09. The molecule has 1 aliphatic rings. The Morgan fingerprint density at radius 2 is 2.12 bits per heavy atom. The molecule has 0 bridgehead atoms. The molecular formula is C14H20O2. The molecule has 2 unspecified atom stereocenters. The van der Waals surface area contributed by atoms with Crippen molar-refractivity contribution in [1.82, 2.24) is 0 Å². The number of hydrogen-bond acceptors (Lipinski definition) is 2. The maximum atomic E-state index is 10.3. The van der Waals surface area contributed by atoms with Crippen LogP contribution in [0.5, 0.6) is 0 Å². The predicted octanol–water partition coefficient (Wildman–Crippen LogP) is 2.91. The van der Waals surface area contributed by atoms with E-state index in [1.807, 2.05) is 12.1 Å². The Balaban J connectivity index is 2.19. The molecule has 16 heavy (non-hydrogen) atoms. The standard InChI is InChI=1S/C14H20O2/c1-10-6-5-7-12(11(10)2)14(15)13-8-3-4-9-16-13/h5-7,13-15H,3-4,8-9H2,1-2H3. The van der Waals surface area contributed by atoms with E-state index in [9.17, 15) is 5.11 Å². The van der Waals surface area contributed by atoms with E-state index in [1.165, 1.54) is 11.1 Å². The first-order valence-corrected chi connectivity index (χ1v) is 6.06. The summed E-state index contributed by atoms with van der Waals surface area (Å²) in [7, 11) is 0. The van der Waals surface area contributed by atoms with E-state index in [4.69, 9.17) is 4.74 Å². The zero-order valence-electron chi connectivity index (χ0n) is 10.1. The SMILES string of the molecule is Cc1cccc(C(O)C2CCCCO2)c1C. The summed E-state index contributed by atoms with van der Waals surface area (Å²) in [6.45, 7) is 4.93. The first-order chi connectivity index (χ1) is 7.70. The number of aryl methyl sites for hydroxylation is 1. The number of rotatable bonds is 2. The molecule has 2 heteroatoms. The van der Waals surface area contributed by atoms with E-state index in [0.717, 1.165) is 31.4 Å². The number of hydrogen-bond donors (Lipinski definition) is 1. The molecule has 1 aliphatic heterocycles. The fourth-order valence-electron chi connectivity index (χ4n) is 2.31. The van der Waals surface area contributed by atoms with Crippen molar-refractivity contribution < 1.29 is 9.84 Å². The van der Waals surface area contributed by atoms with E-state index in [0.29, 0.717) is 0 Å². The summed E-state index contributed by atoms with van der Waals surface area (Å²) >= 11 is 0. The van der Waals surface area contributed by atoms with Crippen LogP contribution < -0.4 is 0 Å². The van der Waals surface area contributed by atoms with E-state index >= 15 is 0 Å². The summed E-state index contributed by atoms with van der Waals surface area (Å²) in [5.74, 6) is 0. The van der Waals surface area contributed by atoms with Crippen LogP contribution in [0.2, 0.25) is 0 Å². The van der Waals surface area contributed by atoms with Gasteiger partial charge in [-0.2, -0.15) is 0 Å². The van der Waals surface area contributed by atoms with Gasteiger partial charge in [-0.3, -0.25) is 0 Å². The van der Waals surface area contributed by atoms with Crippen LogP contribution >= 0.6 is 0 Å². The number of benzene rings is 1. The average molecular weight is 220 g/mol. The van der Waals surface area contributed by atoms with Gasteiger partial charge in [0.25, 0.3) is 0 Å². The largest absolute Gasteiger partial charge is 0.386 e. The van der Waals surface area contributed by atoms with Gasteiger partial charge in [-0.1, -0.05) is 18.2 Å². The molecule has 1 heterocycles. The fraction of sp³-hybridized carbons (Fsp3) is 0.571. The second-order valence-corrected chi connectivity index (χ2v) is 4.64. The Labute approximate surface area is 97.3 Å². The highest BCUT2D eigenvalue weighted by molar-refractivity contribution is 5.35. The monoisotopic (exact) mass is 220 g/mol. The molecule has 1 aromatic rings. The van der Waals surface area contributed by atoms with Crippen molar-refractivity contribution in [3.8, 4) is 0 Å². The van der Waals surface area contributed by atoms with Gasteiger partial charge < -0.3 is 9.84 Å². The Kier molecular flexibility index (Phi) is 3.62. The maximum absolute atomic E-state index is 10.3. The normalized spacial score (nSPS) is 23.1. The fourth-order valence-corrected chi connectivity index (χ4v) is 2.31. The zero-order chi connectivity index (χ0) is 11.5. The van der Waals surface area contributed by atoms with Gasteiger partial charge in [0.2, 0.25) is 0 Å². The van der Waals surface area contributed by atoms with Crippen molar-refractivity contribution in [3.05, 3.63) is 34.9 Å². The number of aliphatic hydroxyl groups is 1. The minimum absolute atomic E-state index is 0.0192. The molecular weight excluding hydrogens is 200 g/mol.